The topological polar surface area (TPSA) is 50.2 Å². The molecule has 3 heterocycles. The van der Waals surface area contributed by atoms with Crippen molar-refractivity contribution in [2.45, 2.75) is 39.5 Å². The monoisotopic (exact) mass is 442 g/mol. The number of halogens is 3. The van der Waals surface area contributed by atoms with E-state index in [9.17, 15) is 18.0 Å². The Morgan fingerprint density at radius 1 is 1.25 bits per heavy atom. The van der Waals surface area contributed by atoms with E-state index in [-0.39, 0.29) is 5.69 Å². The van der Waals surface area contributed by atoms with Crippen molar-refractivity contribution >= 4 is 22.6 Å². The highest BCUT2D eigenvalue weighted by Crippen LogP contribution is 2.35. The molecule has 168 valence electrons. The number of carbonyl (C=O) groups is 1. The number of anilines is 1. The van der Waals surface area contributed by atoms with Gasteiger partial charge < -0.3 is 14.8 Å². The number of amides is 1. The van der Waals surface area contributed by atoms with Crippen LogP contribution in [0.5, 0.6) is 0 Å². The molecule has 8 heteroatoms. The summed E-state index contributed by atoms with van der Waals surface area (Å²) >= 11 is 0. The lowest BCUT2D eigenvalue weighted by Crippen LogP contribution is -2.35. The molecule has 0 fully saturated rings. The number of hydrogen-bond acceptors (Lipinski definition) is 3. The maximum Gasteiger partial charge on any atom is 0.405 e. The van der Waals surface area contributed by atoms with E-state index < -0.39 is 18.6 Å². The Labute approximate surface area is 184 Å². The van der Waals surface area contributed by atoms with Gasteiger partial charge in [-0.05, 0) is 43.0 Å². The van der Waals surface area contributed by atoms with Crippen molar-refractivity contribution in [3.05, 3.63) is 71.1 Å². The van der Waals surface area contributed by atoms with E-state index in [4.69, 9.17) is 0 Å². The van der Waals surface area contributed by atoms with Crippen LogP contribution in [0.25, 0.3) is 10.9 Å². The van der Waals surface area contributed by atoms with Crippen LogP contribution in [0.4, 0.5) is 19.0 Å². The third kappa shape index (κ3) is 4.09. The smallest absolute Gasteiger partial charge is 0.350 e. The molecule has 2 aromatic heterocycles. The molecule has 1 N–H and O–H groups in total. The molecule has 0 unspecified atom stereocenters. The standard InChI is InChI=1S/C24H25F3N4O/c1-4-10-31-16(3)15(2)19-12-20(23(32)28-14-24(25,26)27)29-22(21(19)31)30-11-9-17-7-5-6-8-18(17)13-30/h4-8,12H,1,9-11,13-14H2,2-3H3,(H,28,32). The lowest BCUT2D eigenvalue weighted by Gasteiger charge is -2.31. The number of aryl methyl sites for hydroxylation is 1. The molecule has 3 aromatic rings. The number of fused-ring (bicyclic) bond motifs is 2. The molecular weight excluding hydrogens is 417 g/mol. The van der Waals surface area contributed by atoms with Gasteiger partial charge in [0, 0.05) is 30.7 Å². The first kappa shape index (κ1) is 21.9. The van der Waals surface area contributed by atoms with Crippen LogP contribution in [-0.2, 0) is 19.5 Å². The summed E-state index contributed by atoms with van der Waals surface area (Å²) in [5, 5.41) is 2.76. The number of allylic oxidation sites excluding steroid dienone is 1. The molecule has 1 aromatic carbocycles. The van der Waals surface area contributed by atoms with Gasteiger partial charge in [-0.25, -0.2) is 4.98 Å². The predicted octanol–water partition coefficient (Wildman–Crippen LogP) is 4.69. The van der Waals surface area contributed by atoms with Gasteiger partial charge in [-0.1, -0.05) is 30.3 Å². The second-order valence-corrected chi connectivity index (χ2v) is 8.08. The zero-order valence-corrected chi connectivity index (χ0v) is 18.1. The first-order chi connectivity index (χ1) is 15.2. The molecule has 1 aliphatic heterocycles. The molecule has 1 amide bonds. The third-order valence-electron chi connectivity index (χ3n) is 6.02. The molecule has 5 nitrogen and oxygen atoms in total. The Morgan fingerprint density at radius 3 is 2.66 bits per heavy atom. The van der Waals surface area contributed by atoms with Gasteiger partial charge in [0.2, 0.25) is 0 Å². The fourth-order valence-corrected chi connectivity index (χ4v) is 4.28. The number of nitrogens with one attached hydrogen (secondary N) is 1. The molecule has 0 spiro atoms. The van der Waals surface area contributed by atoms with E-state index in [2.05, 4.69) is 33.2 Å². The summed E-state index contributed by atoms with van der Waals surface area (Å²) in [6.45, 7) is 8.27. The summed E-state index contributed by atoms with van der Waals surface area (Å²) in [5.41, 5.74) is 5.27. The van der Waals surface area contributed by atoms with Crippen molar-refractivity contribution in [1.29, 1.82) is 0 Å². The average molecular weight is 442 g/mol. The molecular formula is C24H25F3N4O. The number of carbonyl (C=O) groups excluding carboxylic acids is 1. The van der Waals surface area contributed by atoms with E-state index in [1.54, 1.807) is 12.1 Å². The fourth-order valence-electron chi connectivity index (χ4n) is 4.28. The Kier molecular flexibility index (Phi) is 5.71. The number of pyridine rings is 1. The molecule has 0 atom stereocenters. The molecule has 0 saturated carbocycles. The summed E-state index contributed by atoms with van der Waals surface area (Å²) in [5.74, 6) is -0.233. The van der Waals surface area contributed by atoms with Gasteiger partial charge in [0.05, 0.1) is 5.52 Å². The first-order valence-corrected chi connectivity index (χ1v) is 10.5. The maximum absolute atomic E-state index is 12.6. The summed E-state index contributed by atoms with van der Waals surface area (Å²) in [6, 6.07) is 9.76. The minimum Gasteiger partial charge on any atom is -0.350 e. The number of rotatable bonds is 5. The molecule has 1 aliphatic rings. The van der Waals surface area contributed by atoms with Crippen molar-refractivity contribution in [2.24, 2.45) is 0 Å². The summed E-state index contributed by atoms with van der Waals surface area (Å²) in [6.07, 6.45) is -1.87. The normalized spacial score (nSPS) is 13.8. The van der Waals surface area contributed by atoms with Gasteiger partial charge in [-0.15, -0.1) is 6.58 Å². The van der Waals surface area contributed by atoms with Gasteiger partial charge in [-0.3, -0.25) is 4.79 Å². The predicted molar refractivity (Wildman–Crippen MR) is 119 cm³/mol. The lowest BCUT2D eigenvalue weighted by atomic mass is 10.00. The molecule has 0 radical (unpaired) electrons. The van der Waals surface area contributed by atoms with E-state index in [1.165, 1.54) is 11.1 Å². The first-order valence-electron chi connectivity index (χ1n) is 10.5. The molecule has 4 rings (SSSR count). The minimum atomic E-state index is -4.49. The van der Waals surface area contributed by atoms with Crippen molar-refractivity contribution in [3.63, 3.8) is 0 Å². The van der Waals surface area contributed by atoms with Gasteiger partial charge in [0.25, 0.3) is 5.91 Å². The Balaban J connectivity index is 1.84. The molecule has 0 bridgehead atoms. The number of benzene rings is 1. The largest absolute Gasteiger partial charge is 0.405 e. The molecule has 32 heavy (non-hydrogen) atoms. The highest BCUT2D eigenvalue weighted by atomic mass is 19.4. The zero-order valence-electron chi connectivity index (χ0n) is 18.1. The van der Waals surface area contributed by atoms with Crippen molar-refractivity contribution in [1.82, 2.24) is 14.9 Å². The quantitative estimate of drug-likeness (QED) is 0.583. The molecule has 0 aliphatic carbocycles. The summed E-state index contributed by atoms with van der Waals surface area (Å²) in [7, 11) is 0. The maximum atomic E-state index is 12.6. The SMILES string of the molecule is C=CCn1c(C)c(C)c2cc(C(=O)NCC(F)(F)F)nc(N3CCc4ccccc4C3)c21. The van der Waals surface area contributed by atoms with Gasteiger partial charge >= 0.3 is 6.18 Å². The van der Waals surface area contributed by atoms with Crippen LogP contribution in [0.15, 0.2) is 43.0 Å². The van der Waals surface area contributed by atoms with Crippen LogP contribution in [0, 0.1) is 13.8 Å². The summed E-state index contributed by atoms with van der Waals surface area (Å²) in [4.78, 5) is 19.3. The fraction of sp³-hybridized carbons (Fsp3) is 0.333. The van der Waals surface area contributed by atoms with Crippen LogP contribution in [0.3, 0.4) is 0 Å². The van der Waals surface area contributed by atoms with Crippen LogP contribution in [-0.4, -0.2) is 34.7 Å². The third-order valence-corrected chi connectivity index (χ3v) is 6.02. The Hall–Kier alpha value is -3.29. The van der Waals surface area contributed by atoms with Crippen molar-refractivity contribution in [3.8, 4) is 0 Å². The second kappa shape index (κ2) is 8.33. The second-order valence-electron chi connectivity index (χ2n) is 8.08. The van der Waals surface area contributed by atoms with Crippen LogP contribution in [0.2, 0.25) is 0 Å². The van der Waals surface area contributed by atoms with E-state index >= 15 is 0 Å². The minimum absolute atomic E-state index is 0.0190. The zero-order chi connectivity index (χ0) is 23.0. The van der Waals surface area contributed by atoms with Crippen LogP contribution < -0.4 is 10.2 Å². The van der Waals surface area contributed by atoms with E-state index in [1.807, 2.05) is 31.3 Å². The van der Waals surface area contributed by atoms with E-state index in [0.717, 1.165) is 28.6 Å². The highest BCUT2D eigenvalue weighted by Gasteiger charge is 2.29. The lowest BCUT2D eigenvalue weighted by molar-refractivity contribution is -0.123. The Morgan fingerprint density at radius 2 is 1.97 bits per heavy atom. The van der Waals surface area contributed by atoms with Crippen LogP contribution >= 0.6 is 0 Å². The van der Waals surface area contributed by atoms with Crippen molar-refractivity contribution in [2.75, 3.05) is 18.0 Å². The summed E-state index contributed by atoms with van der Waals surface area (Å²) < 4.78 is 40.0. The van der Waals surface area contributed by atoms with E-state index in [0.29, 0.717) is 25.5 Å². The Bertz CT molecular complexity index is 1200. The number of nitrogens with zero attached hydrogens (tertiary/aromatic N) is 3. The van der Waals surface area contributed by atoms with Gasteiger partial charge in [-0.2, -0.15) is 13.2 Å². The number of aromatic nitrogens is 2. The number of alkyl halides is 3. The van der Waals surface area contributed by atoms with Crippen LogP contribution in [0.1, 0.15) is 32.9 Å². The number of hydrogen-bond donors (Lipinski definition) is 1. The molecule has 0 saturated heterocycles. The highest BCUT2D eigenvalue weighted by molar-refractivity contribution is 6.01. The van der Waals surface area contributed by atoms with Crippen molar-refractivity contribution < 1.29 is 18.0 Å². The van der Waals surface area contributed by atoms with Gasteiger partial charge in [0.1, 0.15) is 12.2 Å². The average Bonchev–Trinajstić information content (AvgIpc) is 3.01. The van der Waals surface area contributed by atoms with Gasteiger partial charge in [0.15, 0.2) is 5.82 Å².